The molecule has 0 radical (unpaired) electrons. The molecular weight excluding hydrogens is 364 g/mol. The highest BCUT2D eigenvalue weighted by Crippen LogP contribution is 2.37. The van der Waals surface area contributed by atoms with E-state index in [2.05, 4.69) is 4.99 Å². The summed E-state index contributed by atoms with van der Waals surface area (Å²) in [5.74, 6) is -3.04. The average molecular weight is 376 g/mol. The molecule has 0 unspecified atom stereocenters. The lowest BCUT2D eigenvalue weighted by Gasteiger charge is -2.12. The number of carbonyl (C=O) groups is 2. The van der Waals surface area contributed by atoms with Crippen LogP contribution in [0.4, 0.5) is 5.69 Å². The van der Waals surface area contributed by atoms with Crippen LogP contribution in [0.25, 0.3) is 11.6 Å². The number of hydrogen-bond donors (Lipinski definition) is 3. The van der Waals surface area contributed by atoms with Gasteiger partial charge in [-0.25, -0.2) is 4.79 Å². The number of nitrogens with zero attached hydrogens (tertiary/aromatic N) is 2. The Kier molecular flexibility index (Phi) is 4.51. The Bertz CT molecular complexity index is 987. The number of benzene rings is 1. The zero-order valence-corrected chi connectivity index (χ0v) is 14.3. The van der Waals surface area contributed by atoms with Crippen LogP contribution in [0.1, 0.15) is 22.9 Å². The van der Waals surface area contributed by atoms with Gasteiger partial charge >= 0.3 is 11.9 Å². The van der Waals surface area contributed by atoms with E-state index in [0.717, 1.165) is 32.7 Å². The topological polar surface area (TPSA) is 112 Å². The van der Waals surface area contributed by atoms with Gasteiger partial charge in [-0.3, -0.25) is 14.4 Å². The normalized spacial score (nSPS) is 15.3. The van der Waals surface area contributed by atoms with Crippen molar-refractivity contribution in [1.29, 1.82) is 0 Å². The fourth-order valence-electron chi connectivity index (χ4n) is 2.51. The van der Waals surface area contributed by atoms with Gasteiger partial charge < -0.3 is 15.3 Å². The molecule has 3 N–H and O–H groups in total. The lowest BCUT2D eigenvalue weighted by molar-refractivity contribution is -0.147. The summed E-state index contributed by atoms with van der Waals surface area (Å²) >= 11 is 6.14. The number of fused-ring (bicyclic) bond motifs is 1. The number of thiazole rings is 1. The minimum absolute atomic E-state index is 0.0845. The predicted molar refractivity (Wildman–Crippen MR) is 96.2 cm³/mol. The lowest BCUT2D eigenvalue weighted by atomic mass is 10.1. The molecule has 0 amide bonds. The SMILES string of the molecule is O=C(O)C[C@@H](C(=O)O)n1c(O)c(C=C2C=Nc3ccccc32)sc1=S. The van der Waals surface area contributed by atoms with Crippen molar-refractivity contribution in [3.8, 4) is 5.88 Å². The van der Waals surface area contributed by atoms with Crippen molar-refractivity contribution >= 4 is 59.0 Å². The summed E-state index contributed by atoms with van der Waals surface area (Å²) in [6.07, 6.45) is 2.61. The van der Waals surface area contributed by atoms with Crippen molar-refractivity contribution in [1.82, 2.24) is 4.57 Å². The van der Waals surface area contributed by atoms with E-state index >= 15 is 0 Å². The highest BCUT2D eigenvalue weighted by atomic mass is 32.1. The van der Waals surface area contributed by atoms with Gasteiger partial charge in [-0.1, -0.05) is 18.2 Å². The number of carboxylic acids is 2. The quantitative estimate of drug-likeness (QED) is 0.690. The third kappa shape index (κ3) is 3.24. The number of rotatable bonds is 5. The fraction of sp³-hybridized carbons (Fsp3) is 0.125. The minimum Gasteiger partial charge on any atom is -0.493 e. The zero-order chi connectivity index (χ0) is 18.1. The molecule has 2 heterocycles. The number of aliphatic imine (C=N–C) groups is 1. The average Bonchev–Trinajstić information content (AvgIpc) is 3.07. The van der Waals surface area contributed by atoms with Crippen LogP contribution in [0.3, 0.4) is 0 Å². The van der Waals surface area contributed by atoms with Crippen molar-refractivity contribution in [2.75, 3.05) is 0 Å². The van der Waals surface area contributed by atoms with E-state index < -0.39 is 24.4 Å². The summed E-state index contributed by atoms with van der Waals surface area (Å²) in [5.41, 5.74) is 2.43. The minimum atomic E-state index is -1.47. The van der Waals surface area contributed by atoms with Crippen molar-refractivity contribution < 1.29 is 24.9 Å². The van der Waals surface area contributed by atoms with Gasteiger partial charge in [0.15, 0.2) is 3.95 Å². The second kappa shape index (κ2) is 6.61. The molecule has 0 fully saturated rings. The van der Waals surface area contributed by atoms with Crippen LogP contribution < -0.4 is 0 Å². The third-order valence-electron chi connectivity index (χ3n) is 3.65. The zero-order valence-electron chi connectivity index (χ0n) is 12.6. The van der Waals surface area contributed by atoms with E-state index in [9.17, 15) is 19.8 Å². The number of hydrogen-bond acceptors (Lipinski definition) is 6. The molecule has 1 aromatic carbocycles. The Morgan fingerprint density at radius 3 is 2.72 bits per heavy atom. The summed E-state index contributed by atoms with van der Waals surface area (Å²) in [6, 6.07) is 5.99. The van der Waals surface area contributed by atoms with Crippen molar-refractivity contribution in [3.05, 3.63) is 38.7 Å². The maximum Gasteiger partial charge on any atom is 0.327 e. The van der Waals surface area contributed by atoms with Gasteiger partial charge in [-0.2, -0.15) is 0 Å². The van der Waals surface area contributed by atoms with Crippen LogP contribution in [-0.4, -0.2) is 38.0 Å². The number of carboxylic acid groups (broad SMARTS) is 2. The molecule has 0 bridgehead atoms. The second-order valence-corrected chi connectivity index (χ2v) is 6.93. The summed E-state index contributed by atoms with van der Waals surface area (Å²) < 4.78 is 1.04. The first-order chi connectivity index (χ1) is 11.9. The molecule has 0 spiro atoms. The van der Waals surface area contributed by atoms with Crippen molar-refractivity contribution in [2.24, 2.45) is 4.99 Å². The van der Waals surface area contributed by atoms with Crippen LogP contribution >= 0.6 is 23.6 Å². The van der Waals surface area contributed by atoms with Crippen LogP contribution in [0.2, 0.25) is 0 Å². The molecule has 9 heteroatoms. The number of para-hydroxylation sites is 1. The van der Waals surface area contributed by atoms with E-state index in [1.165, 1.54) is 0 Å². The lowest BCUT2D eigenvalue weighted by Crippen LogP contribution is -2.22. The second-order valence-electron chi connectivity index (χ2n) is 5.25. The molecule has 0 aliphatic carbocycles. The van der Waals surface area contributed by atoms with Gasteiger partial charge in [-0.15, -0.1) is 11.3 Å². The van der Waals surface area contributed by atoms with E-state index in [1.54, 1.807) is 12.3 Å². The Balaban J connectivity index is 2.05. The summed E-state index contributed by atoms with van der Waals surface area (Å²) in [7, 11) is 0. The van der Waals surface area contributed by atoms with E-state index in [0.29, 0.717) is 4.88 Å². The molecule has 128 valence electrons. The highest BCUT2D eigenvalue weighted by molar-refractivity contribution is 7.73. The van der Waals surface area contributed by atoms with Crippen LogP contribution in [-0.2, 0) is 9.59 Å². The summed E-state index contributed by atoms with van der Waals surface area (Å²) in [6.45, 7) is 0. The van der Waals surface area contributed by atoms with E-state index in [-0.39, 0.29) is 9.83 Å². The molecule has 1 aliphatic rings. The largest absolute Gasteiger partial charge is 0.493 e. The molecule has 2 aromatic rings. The van der Waals surface area contributed by atoms with Gasteiger partial charge in [0.2, 0.25) is 5.88 Å². The molecular formula is C16H12N2O5S2. The Morgan fingerprint density at radius 1 is 1.32 bits per heavy atom. The fourth-order valence-corrected chi connectivity index (χ4v) is 3.87. The third-order valence-corrected chi connectivity index (χ3v) is 4.99. The maximum atomic E-state index is 11.4. The number of aromatic hydroxyl groups is 1. The Labute approximate surface area is 150 Å². The number of aliphatic carboxylic acids is 2. The van der Waals surface area contributed by atoms with E-state index in [4.69, 9.17) is 17.3 Å². The maximum absolute atomic E-state index is 11.4. The molecule has 0 saturated carbocycles. The predicted octanol–water partition coefficient (Wildman–Crippen LogP) is 3.34. The van der Waals surface area contributed by atoms with Crippen molar-refractivity contribution in [3.63, 3.8) is 0 Å². The van der Waals surface area contributed by atoms with Crippen LogP contribution in [0, 0.1) is 3.95 Å². The number of aromatic nitrogens is 1. The van der Waals surface area contributed by atoms with Gasteiger partial charge in [0.1, 0.15) is 6.04 Å². The van der Waals surface area contributed by atoms with Gasteiger partial charge in [0, 0.05) is 17.4 Å². The Morgan fingerprint density at radius 2 is 2.04 bits per heavy atom. The standard InChI is InChI=1S/C16H12N2O5S2/c19-13(20)6-11(15(22)23)18-14(21)12(25-16(18)24)5-8-7-17-10-4-2-1-3-9(8)10/h1-5,7,11,21H,6H2,(H,19,20)(H,22,23)/t11-/m0/s1. The number of allylic oxidation sites excluding steroid dienone is 1. The molecule has 3 rings (SSSR count). The van der Waals surface area contributed by atoms with E-state index in [1.807, 2.05) is 24.3 Å². The first-order valence-corrected chi connectivity index (χ1v) is 8.35. The first-order valence-electron chi connectivity index (χ1n) is 7.12. The van der Waals surface area contributed by atoms with Gasteiger partial charge in [-0.05, 0) is 24.4 Å². The summed E-state index contributed by atoms with van der Waals surface area (Å²) in [5, 5.41) is 28.6. The van der Waals surface area contributed by atoms with Crippen LogP contribution in [0.5, 0.6) is 5.88 Å². The molecule has 1 atom stereocenters. The molecule has 1 aromatic heterocycles. The van der Waals surface area contributed by atoms with Gasteiger partial charge in [0.25, 0.3) is 0 Å². The molecule has 7 nitrogen and oxygen atoms in total. The molecule has 0 saturated heterocycles. The molecule has 25 heavy (non-hydrogen) atoms. The molecule has 1 aliphatic heterocycles. The summed E-state index contributed by atoms with van der Waals surface area (Å²) in [4.78, 5) is 26.9. The monoisotopic (exact) mass is 376 g/mol. The highest BCUT2D eigenvalue weighted by Gasteiger charge is 2.28. The van der Waals surface area contributed by atoms with Gasteiger partial charge in [0.05, 0.1) is 17.0 Å². The van der Waals surface area contributed by atoms with Crippen LogP contribution in [0.15, 0.2) is 29.3 Å². The Hall–Kier alpha value is -2.78. The van der Waals surface area contributed by atoms with Crippen molar-refractivity contribution in [2.45, 2.75) is 12.5 Å². The smallest absolute Gasteiger partial charge is 0.327 e. The first kappa shape index (κ1) is 17.1.